The summed E-state index contributed by atoms with van der Waals surface area (Å²) in [5.41, 5.74) is 1.60. The van der Waals surface area contributed by atoms with Gasteiger partial charge in [-0.2, -0.15) is 13.5 Å². The van der Waals surface area contributed by atoms with Gasteiger partial charge >= 0.3 is 0 Å². The van der Waals surface area contributed by atoms with Gasteiger partial charge in [0.1, 0.15) is 11.6 Å². The van der Waals surface area contributed by atoms with Crippen LogP contribution in [0.4, 0.5) is 17.3 Å². The highest BCUT2D eigenvalue weighted by atomic mass is 32.2. The molecule has 36 heavy (non-hydrogen) atoms. The number of nitrogens with zero attached hydrogens (tertiary/aromatic N) is 4. The molecular formula is C25H29N7O3S. The van der Waals surface area contributed by atoms with Gasteiger partial charge in [0.25, 0.3) is 15.9 Å². The molecule has 0 aliphatic carbocycles. The third kappa shape index (κ3) is 4.61. The van der Waals surface area contributed by atoms with E-state index >= 15 is 0 Å². The lowest BCUT2D eigenvalue weighted by Gasteiger charge is -2.33. The standard InChI is InChI=1S/C25H27N7O3S.H2/c1-16-13-25(2,3)32(15-16)23-19(6-5-11-26-23)24(33)31-36(34,35)22-8-4-7-21(29-22)28-18-9-10-20-17(12-18)14-27-30-20;/h4-12,14,16H,13,15H2,1-3H3,(H,27,30)(H,28,29)(H,31,33);1H. The highest BCUT2D eigenvalue weighted by Crippen LogP contribution is 2.37. The van der Waals surface area contributed by atoms with E-state index in [4.69, 9.17) is 0 Å². The number of carbonyl (C=O) groups is 1. The smallest absolute Gasteiger partial charge is 0.281 e. The Morgan fingerprint density at radius 1 is 1.19 bits per heavy atom. The summed E-state index contributed by atoms with van der Waals surface area (Å²) in [5.74, 6) is 0.468. The fourth-order valence-electron chi connectivity index (χ4n) is 4.78. The second-order valence-electron chi connectivity index (χ2n) is 9.70. The molecule has 0 spiro atoms. The van der Waals surface area contributed by atoms with Crippen molar-refractivity contribution in [2.45, 2.75) is 37.8 Å². The number of nitrogens with one attached hydrogen (secondary N) is 3. The first kappa shape index (κ1) is 23.7. The number of hydrogen-bond acceptors (Lipinski definition) is 8. The predicted molar refractivity (Wildman–Crippen MR) is 140 cm³/mol. The monoisotopic (exact) mass is 507 g/mol. The van der Waals surface area contributed by atoms with Crippen molar-refractivity contribution in [3.8, 4) is 0 Å². The van der Waals surface area contributed by atoms with Crippen LogP contribution in [0.5, 0.6) is 0 Å². The number of aromatic nitrogens is 4. The Morgan fingerprint density at radius 3 is 2.81 bits per heavy atom. The van der Waals surface area contributed by atoms with Crippen molar-refractivity contribution in [2.24, 2.45) is 5.92 Å². The molecule has 1 fully saturated rings. The molecule has 10 nitrogen and oxygen atoms in total. The van der Waals surface area contributed by atoms with Gasteiger partial charge in [-0.3, -0.25) is 9.89 Å². The second kappa shape index (κ2) is 8.90. The molecule has 4 heterocycles. The first-order valence-corrected chi connectivity index (χ1v) is 13.1. The molecule has 0 saturated carbocycles. The van der Waals surface area contributed by atoms with Gasteiger partial charge in [0.05, 0.1) is 17.3 Å². The van der Waals surface area contributed by atoms with Gasteiger partial charge in [0.15, 0.2) is 5.03 Å². The molecule has 4 aromatic rings. The van der Waals surface area contributed by atoms with E-state index in [2.05, 4.69) is 55.9 Å². The number of pyridine rings is 2. The zero-order chi connectivity index (χ0) is 25.5. The average molecular weight is 508 g/mol. The fraction of sp³-hybridized carbons (Fsp3) is 0.280. The quantitative estimate of drug-likeness (QED) is 0.355. The van der Waals surface area contributed by atoms with E-state index in [0.717, 1.165) is 29.6 Å². The third-order valence-electron chi connectivity index (χ3n) is 6.30. The maximum atomic E-state index is 13.2. The molecule has 188 valence electrons. The lowest BCUT2D eigenvalue weighted by molar-refractivity contribution is 0.0981. The van der Waals surface area contributed by atoms with Gasteiger partial charge in [0, 0.05) is 30.8 Å². The summed E-state index contributed by atoms with van der Waals surface area (Å²) < 4.78 is 28.4. The van der Waals surface area contributed by atoms with Crippen LogP contribution in [0.2, 0.25) is 0 Å². The number of sulfonamides is 1. The zero-order valence-corrected chi connectivity index (χ0v) is 21.0. The van der Waals surface area contributed by atoms with Gasteiger partial charge in [-0.25, -0.2) is 14.7 Å². The molecule has 11 heteroatoms. The number of hydrogen-bond donors (Lipinski definition) is 3. The lowest BCUT2D eigenvalue weighted by Crippen LogP contribution is -2.41. The number of anilines is 3. The number of carbonyl (C=O) groups excluding carboxylic acids is 1. The van der Waals surface area contributed by atoms with Gasteiger partial charge in [0.2, 0.25) is 0 Å². The van der Waals surface area contributed by atoms with Crippen molar-refractivity contribution in [2.75, 3.05) is 16.8 Å². The second-order valence-corrected chi connectivity index (χ2v) is 11.3. The maximum absolute atomic E-state index is 13.2. The van der Waals surface area contributed by atoms with Crippen LogP contribution in [0.15, 0.2) is 66.0 Å². The van der Waals surface area contributed by atoms with E-state index in [0.29, 0.717) is 17.6 Å². The highest BCUT2D eigenvalue weighted by Gasteiger charge is 2.39. The number of benzene rings is 1. The van der Waals surface area contributed by atoms with Crippen molar-refractivity contribution in [1.29, 1.82) is 0 Å². The van der Waals surface area contributed by atoms with Crippen LogP contribution in [0, 0.1) is 5.92 Å². The molecule has 3 N–H and O–H groups in total. The van der Waals surface area contributed by atoms with Crippen LogP contribution in [0.3, 0.4) is 0 Å². The minimum absolute atomic E-state index is 0. The summed E-state index contributed by atoms with van der Waals surface area (Å²) >= 11 is 0. The van der Waals surface area contributed by atoms with E-state index in [9.17, 15) is 13.2 Å². The molecule has 0 bridgehead atoms. The van der Waals surface area contributed by atoms with Crippen LogP contribution in [-0.4, -0.2) is 46.6 Å². The molecule has 1 unspecified atom stereocenters. The van der Waals surface area contributed by atoms with E-state index in [1.54, 1.807) is 36.7 Å². The molecule has 3 aromatic heterocycles. The van der Waals surface area contributed by atoms with E-state index < -0.39 is 15.9 Å². The molecule has 5 rings (SSSR count). The van der Waals surface area contributed by atoms with Crippen LogP contribution in [-0.2, 0) is 10.0 Å². The number of aromatic amines is 1. The lowest BCUT2D eigenvalue weighted by atomic mass is 9.97. The highest BCUT2D eigenvalue weighted by molar-refractivity contribution is 7.90. The molecule has 1 atom stereocenters. The SMILES string of the molecule is CC1CN(c2ncccc2C(=O)NS(=O)(=O)c2cccc(Nc3ccc4[nH]ncc4c3)n2)C(C)(C)C1.[HH]. The van der Waals surface area contributed by atoms with E-state index in [1.165, 1.54) is 6.07 Å². The van der Waals surface area contributed by atoms with Crippen molar-refractivity contribution in [1.82, 2.24) is 24.9 Å². The predicted octanol–water partition coefficient (Wildman–Crippen LogP) is 4.09. The Labute approximate surface area is 210 Å². The molecular weight excluding hydrogens is 478 g/mol. The molecule has 1 aliphatic heterocycles. The first-order chi connectivity index (χ1) is 17.1. The Hall–Kier alpha value is -3.99. The van der Waals surface area contributed by atoms with Crippen molar-refractivity contribution < 1.29 is 14.6 Å². The summed E-state index contributed by atoms with van der Waals surface area (Å²) in [7, 11) is -4.24. The Balaban J connectivity index is 0.00000320. The van der Waals surface area contributed by atoms with Crippen LogP contribution in [0.1, 0.15) is 39.0 Å². The maximum Gasteiger partial charge on any atom is 0.281 e. The summed E-state index contributed by atoms with van der Waals surface area (Å²) in [6.45, 7) is 7.07. The Morgan fingerprint density at radius 2 is 2.03 bits per heavy atom. The topological polar surface area (TPSA) is 133 Å². The van der Waals surface area contributed by atoms with Crippen molar-refractivity contribution >= 4 is 44.2 Å². The minimum Gasteiger partial charge on any atom is -0.351 e. The zero-order valence-electron chi connectivity index (χ0n) is 20.2. The number of rotatable bonds is 6. The normalized spacial score (nSPS) is 17.3. The molecule has 0 radical (unpaired) electrons. The van der Waals surface area contributed by atoms with Crippen molar-refractivity contribution in [3.05, 3.63) is 66.5 Å². The first-order valence-electron chi connectivity index (χ1n) is 11.6. The fourth-order valence-corrected chi connectivity index (χ4v) is 5.72. The van der Waals surface area contributed by atoms with Gasteiger partial charge in [-0.05, 0) is 68.7 Å². The largest absolute Gasteiger partial charge is 0.351 e. The molecule has 1 aromatic carbocycles. The summed E-state index contributed by atoms with van der Waals surface area (Å²) in [5, 5.41) is 10.6. The summed E-state index contributed by atoms with van der Waals surface area (Å²) in [6, 6.07) is 13.3. The van der Waals surface area contributed by atoms with Crippen molar-refractivity contribution in [3.63, 3.8) is 0 Å². The minimum atomic E-state index is -4.24. The van der Waals surface area contributed by atoms with Gasteiger partial charge in [-0.15, -0.1) is 0 Å². The number of fused-ring (bicyclic) bond motifs is 1. The van der Waals surface area contributed by atoms with Gasteiger partial charge < -0.3 is 10.2 Å². The van der Waals surface area contributed by atoms with E-state index in [1.807, 2.05) is 18.2 Å². The Bertz CT molecular complexity index is 1550. The summed E-state index contributed by atoms with van der Waals surface area (Å²) in [6.07, 6.45) is 4.25. The molecule has 1 saturated heterocycles. The third-order valence-corrected chi connectivity index (χ3v) is 7.53. The van der Waals surface area contributed by atoms with E-state index in [-0.39, 0.29) is 17.6 Å². The number of amides is 1. The number of H-pyrrole nitrogens is 1. The molecule has 1 aliphatic rings. The molecule has 1 amide bonds. The van der Waals surface area contributed by atoms with Crippen LogP contribution < -0.4 is 14.9 Å². The van der Waals surface area contributed by atoms with Crippen LogP contribution in [0.25, 0.3) is 10.9 Å². The Kier molecular flexibility index (Phi) is 5.87. The summed E-state index contributed by atoms with van der Waals surface area (Å²) in [4.78, 5) is 23.9. The van der Waals surface area contributed by atoms with Crippen LogP contribution >= 0.6 is 0 Å². The van der Waals surface area contributed by atoms with Gasteiger partial charge in [-0.1, -0.05) is 13.0 Å². The average Bonchev–Trinajstić information content (AvgIpc) is 3.41.